The number of amides is 1. The molecule has 1 amide bonds. The van der Waals surface area contributed by atoms with Gasteiger partial charge in [-0.3, -0.25) is 9.48 Å². The molecule has 4 aromatic rings. The van der Waals surface area contributed by atoms with E-state index in [1.807, 2.05) is 19.1 Å². The number of aromatic nitrogens is 2. The average Bonchev–Trinajstić information content (AvgIpc) is 3.06. The minimum atomic E-state index is -3.81. The van der Waals surface area contributed by atoms with Crippen LogP contribution in [-0.4, -0.2) is 24.1 Å². The standard InChI is InChI=1S/C19H16N4O5S/c1-11-2-7-16-14(8-11)18-15(19(25)28-16)9-21-23(18)10-17(24)22-12-3-5-13(6-4-12)29(20,26)27/h2-9H,10H2,1H3,(H,22,24)(H2,20,26,27). The highest BCUT2D eigenvalue weighted by Gasteiger charge is 2.16. The van der Waals surface area contributed by atoms with Crippen molar-refractivity contribution in [2.24, 2.45) is 5.14 Å². The van der Waals surface area contributed by atoms with Crippen LogP contribution in [-0.2, 0) is 21.4 Å². The van der Waals surface area contributed by atoms with E-state index >= 15 is 0 Å². The Morgan fingerprint density at radius 2 is 1.90 bits per heavy atom. The summed E-state index contributed by atoms with van der Waals surface area (Å²) in [6.45, 7) is 1.77. The summed E-state index contributed by atoms with van der Waals surface area (Å²) < 4.78 is 29.4. The van der Waals surface area contributed by atoms with Gasteiger partial charge in [0, 0.05) is 11.1 Å². The highest BCUT2D eigenvalue weighted by atomic mass is 32.2. The third kappa shape index (κ3) is 3.62. The Hall–Kier alpha value is -3.50. The van der Waals surface area contributed by atoms with Gasteiger partial charge in [-0.25, -0.2) is 18.4 Å². The second-order valence-electron chi connectivity index (χ2n) is 6.57. The fraction of sp³-hybridized carbons (Fsp3) is 0.105. The zero-order valence-electron chi connectivity index (χ0n) is 15.2. The van der Waals surface area contributed by atoms with Crippen LogP contribution in [0.5, 0.6) is 0 Å². The summed E-state index contributed by atoms with van der Waals surface area (Å²) in [5.74, 6) is -0.396. The number of carbonyl (C=O) groups is 1. The van der Waals surface area contributed by atoms with Crippen LogP contribution in [0.2, 0.25) is 0 Å². The molecule has 0 radical (unpaired) electrons. The molecule has 0 spiro atoms. The quantitative estimate of drug-likeness (QED) is 0.490. The molecule has 10 heteroatoms. The molecule has 2 aromatic carbocycles. The zero-order valence-corrected chi connectivity index (χ0v) is 16.1. The van der Waals surface area contributed by atoms with Gasteiger partial charge in [-0.05, 0) is 43.3 Å². The lowest BCUT2D eigenvalue weighted by Crippen LogP contribution is -2.20. The smallest absolute Gasteiger partial charge is 0.347 e. The highest BCUT2D eigenvalue weighted by Crippen LogP contribution is 2.24. The molecule has 0 atom stereocenters. The zero-order chi connectivity index (χ0) is 20.8. The maximum Gasteiger partial charge on any atom is 0.347 e. The number of fused-ring (bicyclic) bond motifs is 3. The number of sulfonamides is 1. The fourth-order valence-electron chi connectivity index (χ4n) is 3.08. The molecule has 0 aliphatic carbocycles. The van der Waals surface area contributed by atoms with E-state index in [4.69, 9.17) is 9.56 Å². The summed E-state index contributed by atoms with van der Waals surface area (Å²) in [7, 11) is -3.81. The van der Waals surface area contributed by atoms with Gasteiger partial charge in [0.25, 0.3) is 0 Å². The van der Waals surface area contributed by atoms with Crippen LogP contribution in [0.25, 0.3) is 21.9 Å². The Kier molecular flexibility index (Phi) is 4.44. The molecule has 29 heavy (non-hydrogen) atoms. The monoisotopic (exact) mass is 412 g/mol. The van der Waals surface area contributed by atoms with E-state index in [2.05, 4.69) is 10.4 Å². The van der Waals surface area contributed by atoms with Gasteiger partial charge in [-0.1, -0.05) is 11.6 Å². The molecule has 0 bridgehead atoms. The number of hydrogen-bond donors (Lipinski definition) is 2. The highest BCUT2D eigenvalue weighted by molar-refractivity contribution is 7.89. The summed E-state index contributed by atoms with van der Waals surface area (Å²) >= 11 is 0. The van der Waals surface area contributed by atoms with Crippen LogP contribution in [0.3, 0.4) is 0 Å². The summed E-state index contributed by atoms with van der Waals surface area (Å²) in [4.78, 5) is 24.6. The Bertz CT molecular complexity index is 1420. The Labute approximate surface area is 164 Å². The first-order chi connectivity index (χ1) is 13.7. The van der Waals surface area contributed by atoms with E-state index in [1.165, 1.54) is 35.1 Å². The molecule has 3 N–H and O–H groups in total. The molecule has 0 saturated carbocycles. The molecular formula is C19H16N4O5S. The summed E-state index contributed by atoms with van der Waals surface area (Å²) in [6.07, 6.45) is 1.37. The van der Waals surface area contributed by atoms with E-state index in [0.29, 0.717) is 22.2 Å². The largest absolute Gasteiger partial charge is 0.422 e. The second-order valence-corrected chi connectivity index (χ2v) is 8.13. The average molecular weight is 412 g/mol. The van der Waals surface area contributed by atoms with Crippen LogP contribution in [0.1, 0.15) is 5.56 Å². The lowest BCUT2D eigenvalue weighted by atomic mass is 10.1. The molecule has 0 aliphatic rings. The number of nitrogens with two attached hydrogens (primary N) is 1. The first-order valence-electron chi connectivity index (χ1n) is 8.54. The van der Waals surface area contributed by atoms with Crippen molar-refractivity contribution in [3.05, 3.63) is 64.6 Å². The van der Waals surface area contributed by atoms with Gasteiger partial charge in [0.05, 0.1) is 16.6 Å². The van der Waals surface area contributed by atoms with Gasteiger partial charge >= 0.3 is 5.63 Å². The number of benzene rings is 2. The van der Waals surface area contributed by atoms with Crippen molar-refractivity contribution in [3.63, 3.8) is 0 Å². The van der Waals surface area contributed by atoms with Crippen molar-refractivity contribution in [2.45, 2.75) is 18.4 Å². The molecule has 0 aliphatic heterocycles. The summed E-state index contributed by atoms with van der Waals surface area (Å²) in [5, 5.41) is 12.9. The van der Waals surface area contributed by atoms with Gasteiger partial charge in [-0.15, -0.1) is 0 Å². The Morgan fingerprint density at radius 3 is 2.59 bits per heavy atom. The number of rotatable bonds is 4. The van der Waals surface area contributed by atoms with Crippen LogP contribution >= 0.6 is 0 Å². The van der Waals surface area contributed by atoms with Crippen LogP contribution in [0.4, 0.5) is 5.69 Å². The third-order valence-corrected chi connectivity index (χ3v) is 5.34. The molecule has 0 unspecified atom stereocenters. The van der Waals surface area contributed by atoms with Crippen LogP contribution in [0, 0.1) is 6.92 Å². The van der Waals surface area contributed by atoms with E-state index in [-0.39, 0.29) is 16.8 Å². The molecule has 0 fully saturated rings. The van der Waals surface area contributed by atoms with Gasteiger partial charge in [0.15, 0.2) is 0 Å². The van der Waals surface area contributed by atoms with Crippen molar-refractivity contribution in [1.82, 2.24) is 9.78 Å². The van der Waals surface area contributed by atoms with Gasteiger partial charge in [0.1, 0.15) is 17.5 Å². The van der Waals surface area contributed by atoms with Gasteiger partial charge in [0.2, 0.25) is 15.9 Å². The van der Waals surface area contributed by atoms with Crippen molar-refractivity contribution >= 4 is 43.5 Å². The lowest BCUT2D eigenvalue weighted by molar-refractivity contribution is -0.116. The van der Waals surface area contributed by atoms with E-state index in [1.54, 1.807) is 6.07 Å². The van der Waals surface area contributed by atoms with Crippen molar-refractivity contribution in [3.8, 4) is 0 Å². The van der Waals surface area contributed by atoms with Crippen molar-refractivity contribution < 1.29 is 17.6 Å². The number of carbonyl (C=O) groups excluding carboxylic acids is 1. The predicted octanol–water partition coefficient (Wildman–Crippen LogP) is 1.74. The minimum Gasteiger partial charge on any atom is -0.422 e. The number of primary sulfonamides is 1. The first kappa shape index (κ1) is 18.8. The molecule has 2 heterocycles. The topological polar surface area (TPSA) is 137 Å². The van der Waals surface area contributed by atoms with Crippen molar-refractivity contribution in [1.29, 1.82) is 0 Å². The number of nitrogens with one attached hydrogen (secondary N) is 1. The minimum absolute atomic E-state index is 0.0536. The lowest BCUT2D eigenvalue weighted by Gasteiger charge is -2.08. The number of aryl methyl sites for hydroxylation is 1. The van der Waals surface area contributed by atoms with E-state index in [0.717, 1.165) is 5.56 Å². The molecule has 9 nitrogen and oxygen atoms in total. The maximum absolute atomic E-state index is 12.5. The number of anilines is 1. The second kappa shape index (κ2) is 6.83. The number of hydrogen-bond acceptors (Lipinski definition) is 6. The Morgan fingerprint density at radius 1 is 1.17 bits per heavy atom. The first-order valence-corrected chi connectivity index (χ1v) is 10.1. The van der Waals surface area contributed by atoms with Gasteiger partial charge in [-0.2, -0.15) is 5.10 Å². The SMILES string of the molecule is Cc1ccc2oc(=O)c3cnn(CC(=O)Nc4ccc(S(N)(=O)=O)cc4)c3c2c1. The fourth-order valence-corrected chi connectivity index (χ4v) is 3.59. The van der Waals surface area contributed by atoms with E-state index in [9.17, 15) is 18.0 Å². The summed E-state index contributed by atoms with van der Waals surface area (Å²) in [6, 6.07) is 10.9. The van der Waals surface area contributed by atoms with Crippen molar-refractivity contribution in [2.75, 3.05) is 5.32 Å². The molecule has 0 saturated heterocycles. The summed E-state index contributed by atoms with van der Waals surface area (Å²) in [5.41, 5.74) is 1.77. The number of nitrogens with zero attached hydrogens (tertiary/aromatic N) is 2. The Balaban J connectivity index is 1.66. The van der Waals surface area contributed by atoms with Crippen LogP contribution < -0.4 is 16.1 Å². The molecule has 2 aromatic heterocycles. The van der Waals surface area contributed by atoms with E-state index < -0.39 is 21.6 Å². The molecule has 4 rings (SSSR count). The van der Waals surface area contributed by atoms with Gasteiger partial charge < -0.3 is 9.73 Å². The normalized spacial score (nSPS) is 11.8. The van der Waals surface area contributed by atoms with Crippen LogP contribution in [0.15, 0.2) is 62.8 Å². The maximum atomic E-state index is 12.5. The molecular weight excluding hydrogens is 396 g/mol. The molecule has 148 valence electrons. The predicted molar refractivity (Wildman–Crippen MR) is 107 cm³/mol. The third-order valence-electron chi connectivity index (χ3n) is 4.41.